The van der Waals surface area contributed by atoms with Crippen LogP contribution in [0.15, 0.2) is 30.3 Å². The third-order valence-corrected chi connectivity index (χ3v) is 3.84. The molecule has 1 aromatic rings. The van der Waals surface area contributed by atoms with Gasteiger partial charge in [0.05, 0.1) is 19.8 Å². The van der Waals surface area contributed by atoms with Crippen LogP contribution in [0.25, 0.3) is 0 Å². The van der Waals surface area contributed by atoms with Gasteiger partial charge >= 0.3 is 12.0 Å². The molecule has 9 heteroatoms. The van der Waals surface area contributed by atoms with Crippen LogP contribution in [-0.2, 0) is 16.1 Å². The van der Waals surface area contributed by atoms with Crippen LogP contribution >= 0.6 is 0 Å². The van der Waals surface area contributed by atoms with Crippen LogP contribution in [0.5, 0.6) is 0 Å². The normalized spacial score (nSPS) is 14.1. The van der Waals surface area contributed by atoms with Crippen LogP contribution in [0, 0.1) is 0 Å². The molecular formula is C18H27F2NO6. The fourth-order valence-corrected chi connectivity index (χ4v) is 2.21. The molecule has 0 aliphatic rings. The van der Waals surface area contributed by atoms with E-state index in [0.717, 1.165) is 10.5 Å². The lowest BCUT2D eigenvalue weighted by atomic mass is 10.1. The third-order valence-electron chi connectivity index (χ3n) is 3.84. The molecule has 154 valence electrons. The van der Waals surface area contributed by atoms with Gasteiger partial charge in [-0.25, -0.2) is 13.6 Å². The molecule has 27 heavy (non-hydrogen) atoms. The minimum atomic E-state index is -3.93. The van der Waals surface area contributed by atoms with Gasteiger partial charge in [0.1, 0.15) is 12.7 Å². The average Bonchev–Trinajstić information content (AvgIpc) is 2.64. The van der Waals surface area contributed by atoms with E-state index in [4.69, 9.17) is 9.84 Å². The summed E-state index contributed by atoms with van der Waals surface area (Å²) >= 11 is 0. The number of carbonyl (C=O) groups is 1. The highest BCUT2D eigenvalue weighted by Gasteiger charge is 2.46. The number of aliphatic hydroxyl groups excluding tert-OH is 3. The van der Waals surface area contributed by atoms with Crippen molar-refractivity contribution >= 4 is 6.09 Å². The van der Waals surface area contributed by atoms with Crippen LogP contribution in [0.1, 0.15) is 19.4 Å². The molecule has 0 spiro atoms. The Balaban J connectivity index is 2.48. The molecule has 1 aromatic carbocycles. The first-order valence-corrected chi connectivity index (χ1v) is 8.60. The molecule has 0 saturated heterocycles. The van der Waals surface area contributed by atoms with Crippen LogP contribution in [-0.4, -0.2) is 76.9 Å². The summed E-state index contributed by atoms with van der Waals surface area (Å²) in [5, 5.41) is 28.2. The van der Waals surface area contributed by atoms with Crippen LogP contribution < -0.4 is 0 Å². The van der Waals surface area contributed by atoms with Crippen molar-refractivity contribution in [3.8, 4) is 0 Å². The van der Waals surface area contributed by atoms with Gasteiger partial charge in [-0.05, 0) is 19.4 Å². The maximum atomic E-state index is 14.1. The summed E-state index contributed by atoms with van der Waals surface area (Å²) in [6, 6.07) is 8.49. The Labute approximate surface area is 157 Å². The number of rotatable bonds is 11. The van der Waals surface area contributed by atoms with E-state index in [1.807, 2.05) is 0 Å². The lowest BCUT2D eigenvalue weighted by Crippen LogP contribution is -2.50. The predicted octanol–water partition coefficient (Wildman–Crippen LogP) is 1.40. The predicted molar refractivity (Wildman–Crippen MR) is 93.3 cm³/mol. The first-order valence-electron chi connectivity index (χ1n) is 8.60. The van der Waals surface area contributed by atoms with Gasteiger partial charge in [0.15, 0.2) is 6.10 Å². The number of hydrogen-bond donors (Lipinski definition) is 3. The maximum Gasteiger partial charge on any atom is 0.410 e. The fourth-order valence-electron chi connectivity index (χ4n) is 2.21. The minimum absolute atomic E-state index is 0.0288. The zero-order valence-electron chi connectivity index (χ0n) is 15.4. The van der Waals surface area contributed by atoms with E-state index in [1.165, 1.54) is 0 Å². The largest absolute Gasteiger partial charge is 0.446 e. The highest BCUT2D eigenvalue weighted by Crippen LogP contribution is 2.24. The number of benzene rings is 1. The summed E-state index contributed by atoms with van der Waals surface area (Å²) in [5.74, 6) is -3.93. The van der Waals surface area contributed by atoms with Gasteiger partial charge in [0, 0.05) is 12.6 Å². The van der Waals surface area contributed by atoms with E-state index >= 15 is 0 Å². The standard InChI is InChI=1S/C18H27F2NO6/c1-13(2)21(8-9-22)17(25)27-12-16(24)18(19,20)15(23)11-26-10-14-6-4-3-5-7-14/h3-7,13,15-16,22-24H,8-12H2,1-2H3/t15-,16-/m1/s1. The smallest absolute Gasteiger partial charge is 0.410 e. The SMILES string of the molecule is CC(C)N(CCO)C(=O)OC[C@@H](O)C(F)(F)[C@H](O)COCc1ccccc1. The van der Waals surface area contributed by atoms with Crippen molar-refractivity contribution in [1.82, 2.24) is 4.90 Å². The fraction of sp³-hybridized carbons (Fsp3) is 0.611. The molecule has 0 unspecified atom stereocenters. The minimum Gasteiger partial charge on any atom is -0.446 e. The van der Waals surface area contributed by atoms with Crippen LogP contribution in [0.4, 0.5) is 13.6 Å². The number of carbonyl (C=O) groups excluding carboxylic acids is 1. The number of hydrogen-bond acceptors (Lipinski definition) is 6. The summed E-state index contributed by atoms with van der Waals surface area (Å²) in [7, 11) is 0. The number of ether oxygens (including phenoxy) is 2. The van der Waals surface area contributed by atoms with Gasteiger partial charge in [-0.2, -0.15) is 0 Å². The molecule has 1 rings (SSSR count). The van der Waals surface area contributed by atoms with E-state index in [9.17, 15) is 23.8 Å². The lowest BCUT2D eigenvalue weighted by molar-refractivity contribution is -0.200. The van der Waals surface area contributed by atoms with Gasteiger partial charge in [-0.1, -0.05) is 30.3 Å². The third kappa shape index (κ3) is 7.37. The van der Waals surface area contributed by atoms with Gasteiger partial charge < -0.3 is 29.7 Å². The molecule has 3 N–H and O–H groups in total. The van der Waals surface area contributed by atoms with E-state index < -0.39 is 37.4 Å². The Morgan fingerprint density at radius 1 is 1.15 bits per heavy atom. The molecule has 1 amide bonds. The Kier molecular flexibility index (Phi) is 9.57. The van der Waals surface area contributed by atoms with Gasteiger partial charge in [-0.15, -0.1) is 0 Å². The van der Waals surface area contributed by atoms with E-state index in [2.05, 4.69) is 4.74 Å². The maximum absolute atomic E-state index is 14.1. The summed E-state index contributed by atoms with van der Waals surface area (Å²) in [6.45, 7) is 1.31. The molecule has 7 nitrogen and oxygen atoms in total. The second kappa shape index (κ2) is 11.1. The Morgan fingerprint density at radius 3 is 2.30 bits per heavy atom. The number of halogens is 2. The monoisotopic (exact) mass is 391 g/mol. The molecule has 0 radical (unpaired) electrons. The number of aliphatic hydroxyl groups is 3. The Morgan fingerprint density at radius 2 is 1.74 bits per heavy atom. The summed E-state index contributed by atoms with van der Waals surface area (Å²) < 4.78 is 37.9. The highest BCUT2D eigenvalue weighted by atomic mass is 19.3. The number of alkyl halides is 2. The molecule has 0 fully saturated rings. The Hall–Kier alpha value is -1.81. The van der Waals surface area contributed by atoms with Gasteiger partial charge in [-0.3, -0.25) is 0 Å². The van der Waals surface area contributed by atoms with Gasteiger partial charge in [0.2, 0.25) is 0 Å². The van der Waals surface area contributed by atoms with Crippen molar-refractivity contribution in [3.63, 3.8) is 0 Å². The molecule has 0 bridgehead atoms. The van der Waals surface area contributed by atoms with Crippen molar-refractivity contribution in [2.24, 2.45) is 0 Å². The van der Waals surface area contributed by atoms with E-state index in [0.29, 0.717) is 0 Å². The van der Waals surface area contributed by atoms with Crippen molar-refractivity contribution in [3.05, 3.63) is 35.9 Å². The molecule has 0 aliphatic heterocycles. The second-order valence-corrected chi connectivity index (χ2v) is 6.29. The Bertz CT molecular complexity index is 558. The average molecular weight is 391 g/mol. The van der Waals surface area contributed by atoms with E-state index in [-0.39, 0.29) is 25.8 Å². The van der Waals surface area contributed by atoms with Crippen molar-refractivity contribution < 1.29 is 38.4 Å². The zero-order chi connectivity index (χ0) is 20.4. The number of amides is 1. The number of nitrogens with zero attached hydrogens (tertiary/aromatic N) is 1. The topological polar surface area (TPSA) is 99.5 Å². The summed E-state index contributed by atoms with van der Waals surface area (Å²) in [4.78, 5) is 13.0. The highest BCUT2D eigenvalue weighted by molar-refractivity contribution is 5.68. The van der Waals surface area contributed by atoms with Crippen LogP contribution in [0.3, 0.4) is 0 Å². The van der Waals surface area contributed by atoms with Gasteiger partial charge in [0.25, 0.3) is 0 Å². The van der Waals surface area contributed by atoms with Crippen molar-refractivity contribution in [2.45, 2.75) is 44.6 Å². The molecule has 0 saturated carbocycles. The molecule has 0 aliphatic carbocycles. The van der Waals surface area contributed by atoms with Crippen molar-refractivity contribution in [1.29, 1.82) is 0 Å². The molecule has 0 aromatic heterocycles. The van der Waals surface area contributed by atoms with Crippen LogP contribution in [0.2, 0.25) is 0 Å². The molecule has 0 heterocycles. The first kappa shape index (κ1) is 23.2. The second-order valence-electron chi connectivity index (χ2n) is 6.29. The molecule has 2 atom stereocenters. The lowest BCUT2D eigenvalue weighted by Gasteiger charge is -2.29. The summed E-state index contributed by atoms with van der Waals surface area (Å²) in [5.41, 5.74) is 0.750. The van der Waals surface area contributed by atoms with Crippen molar-refractivity contribution in [2.75, 3.05) is 26.4 Å². The zero-order valence-corrected chi connectivity index (χ0v) is 15.4. The quantitative estimate of drug-likeness (QED) is 0.527. The van der Waals surface area contributed by atoms with E-state index in [1.54, 1.807) is 44.2 Å². The summed E-state index contributed by atoms with van der Waals surface area (Å²) in [6.07, 6.45) is -5.61. The first-order chi connectivity index (χ1) is 12.7. The molecular weight excluding hydrogens is 364 g/mol.